The molecule has 4 nitrogen and oxygen atoms in total. The van der Waals surface area contributed by atoms with E-state index in [1.54, 1.807) is 19.2 Å². The van der Waals surface area contributed by atoms with Gasteiger partial charge in [0, 0.05) is 13.1 Å². The van der Waals surface area contributed by atoms with Gasteiger partial charge in [-0.2, -0.15) is 4.31 Å². The Morgan fingerprint density at radius 3 is 2.53 bits per heavy atom. The van der Waals surface area contributed by atoms with Gasteiger partial charge in [-0.3, -0.25) is 0 Å². The number of sulfonamides is 1. The Bertz CT molecular complexity index is 521. The second-order valence-electron chi connectivity index (χ2n) is 4.41. The van der Waals surface area contributed by atoms with Gasteiger partial charge in [-0.05, 0) is 37.5 Å². The van der Waals surface area contributed by atoms with Crippen molar-refractivity contribution in [3.8, 4) is 5.75 Å². The van der Waals surface area contributed by atoms with E-state index < -0.39 is 10.0 Å². The van der Waals surface area contributed by atoms with Crippen molar-refractivity contribution in [2.75, 3.05) is 14.2 Å². The van der Waals surface area contributed by atoms with Gasteiger partial charge in [-0.1, -0.05) is 6.07 Å². The smallest absolute Gasteiger partial charge is 0.246 e. The van der Waals surface area contributed by atoms with Crippen LogP contribution in [0.5, 0.6) is 5.75 Å². The van der Waals surface area contributed by atoms with E-state index in [0.717, 1.165) is 18.4 Å². The van der Waals surface area contributed by atoms with Gasteiger partial charge in [0.2, 0.25) is 10.0 Å². The van der Waals surface area contributed by atoms with E-state index in [0.29, 0.717) is 5.75 Å². The molecule has 0 heterocycles. The Balaban J connectivity index is 2.47. The molecule has 0 aromatic heterocycles. The first-order valence-corrected chi connectivity index (χ1v) is 7.03. The van der Waals surface area contributed by atoms with Crippen LogP contribution in [0.4, 0.5) is 0 Å². The van der Waals surface area contributed by atoms with Crippen LogP contribution in [0.1, 0.15) is 18.4 Å². The Kier molecular flexibility index (Phi) is 3.14. The summed E-state index contributed by atoms with van der Waals surface area (Å²) in [6.07, 6.45) is 1.90. The van der Waals surface area contributed by atoms with Crippen LogP contribution in [0.25, 0.3) is 0 Å². The molecule has 1 aromatic carbocycles. The molecule has 17 heavy (non-hydrogen) atoms. The standard InChI is InChI=1S/C12H17NO3S/c1-9-4-7-11(16-3)12(8-9)17(14,15)13(2)10-5-6-10/h4,7-8,10H,5-6H2,1-3H3. The molecule has 5 heteroatoms. The minimum Gasteiger partial charge on any atom is -0.495 e. The maximum atomic E-state index is 12.4. The van der Waals surface area contributed by atoms with E-state index in [1.165, 1.54) is 11.4 Å². The summed E-state index contributed by atoms with van der Waals surface area (Å²) in [5, 5.41) is 0. The van der Waals surface area contributed by atoms with Crippen LogP contribution in [-0.2, 0) is 10.0 Å². The minimum absolute atomic E-state index is 0.158. The quantitative estimate of drug-likeness (QED) is 0.824. The summed E-state index contributed by atoms with van der Waals surface area (Å²) in [5.41, 5.74) is 0.911. The van der Waals surface area contributed by atoms with Gasteiger partial charge in [0.25, 0.3) is 0 Å². The molecule has 0 aliphatic heterocycles. The van der Waals surface area contributed by atoms with Gasteiger partial charge in [0.15, 0.2) is 0 Å². The first kappa shape index (κ1) is 12.4. The van der Waals surface area contributed by atoms with Crippen molar-refractivity contribution in [3.63, 3.8) is 0 Å². The molecule has 1 aliphatic rings. The van der Waals surface area contributed by atoms with Crippen LogP contribution < -0.4 is 4.74 Å². The van der Waals surface area contributed by atoms with E-state index >= 15 is 0 Å². The van der Waals surface area contributed by atoms with Gasteiger partial charge >= 0.3 is 0 Å². The van der Waals surface area contributed by atoms with Crippen LogP contribution in [0, 0.1) is 6.92 Å². The second-order valence-corrected chi connectivity index (χ2v) is 6.37. The number of nitrogens with zero attached hydrogens (tertiary/aromatic N) is 1. The van der Waals surface area contributed by atoms with Crippen molar-refractivity contribution in [2.24, 2.45) is 0 Å². The van der Waals surface area contributed by atoms with Gasteiger partial charge in [0.1, 0.15) is 10.6 Å². The van der Waals surface area contributed by atoms with Gasteiger partial charge in [0.05, 0.1) is 7.11 Å². The highest BCUT2D eigenvalue weighted by Crippen LogP contribution is 2.34. The lowest BCUT2D eigenvalue weighted by Crippen LogP contribution is -2.29. The van der Waals surface area contributed by atoms with Crippen LogP contribution >= 0.6 is 0 Å². The number of rotatable bonds is 4. The highest BCUT2D eigenvalue weighted by Gasteiger charge is 2.36. The molecule has 1 aliphatic carbocycles. The summed E-state index contributed by atoms with van der Waals surface area (Å²) >= 11 is 0. The first-order chi connectivity index (χ1) is 7.96. The average molecular weight is 255 g/mol. The molecule has 0 unspecified atom stereocenters. The van der Waals surface area contributed by atoms with Gasteiger partial charge in [-0.25, -0.2) is 8.42 Å². The maximum Gasteiger partial charge on any atom is 0.246 e. The van der Waals surface area contributed by atoms with Crippen molar-refractivity contribution in [1.29, 1.82) is 0 Å². The number of hydrogen-bond donors (Lipinski definition) is 0. The number of ether oxygens (including phenoxy) is 1. The van der Waals surface area contributed by atoms with E-state index in [-0.39, 0.29) is 10.9 Å². The zero-order chi connectivity index (χ0) is 12.6. The third-order valence-corrected chi connectivity index (χ3v) is 4.97. The lowest BCUT2D eigenvalue weighted by atomic mass is 10.2. The third kappa shape index (κ3) is 2.30. The molecule has 0 N–H and O–H groups in total. The molecule has 0 spiro atoms. The highest BCUT2D eigenvalue weighted by molar-refractivity contribution is 7.89. The molecular formula is C12H17NO3S. The molecule has 2 rings (SSSR count). The summed E-state index contributed by atoms with van der Waals surface area (Å²) in [5.74, 6) is 0.406. The second kappa shape index (κ2) is 4.31. The predicted molar refractivity (Wildman–Crippen MR) is 65.7 cm³/mol. The first-order valence-electron chi connectivity index (χ1n) is 5.59. The molecule has 1 fully saturated rings. The maximum absolute atomic E-state index is 12.4. The number of benzene rings is 1. The lowest BCUT2D eigenvalue weighted by molar-refractivity contribution is 0.397. The van der Waals surface area contributed by atoms with Crippen LogP contribution in [0.3, 0.4) is 0 Å². The minimum atomic E-state index is -3.43. The number of aryl methyl sites for hydroxylation is 1. The molecular weight excluding hydrogens is 238 g/mol. The predicted octanol–water partition coefficient (Wildman–Crippen LogP) is 1.79. The largest absolute Gasteiger partial charge is 0.495 e. The molecule has 0 radical (unpaired) electrons. The molecule has 1 saturated carbocycles. The topological polar surface area (TPSA) is 46.6 Å². The summed E-state index contributed by atoms with van der Waals surface area (Å²) in [6, 6.07) is 5.36. The average Bonchev–Trinajstić information content (AvgIpc) is 3.11. The van der Waals surface area contributed by atoms with E-state index in [1.807, 2.05) is 13.0 Å². The molecule has 0 bridgehead atoms. The summed E-state index contributed by atoms with van der Waals surface area (Å²) in [4.78, 5) is 0.259. The Morgan fingerprint density at radius 1 is 1.35 bits per heavy atom. The van der Waals surface area contributed by atoms with Crippen molar-refractivity contribution in [2.45, 2.75) is 30.7 Å². The SMILES string of the molecule is COc1ccc(C)cc1S(=O)(=O)N(C)C1CC1. The van der Waals surface area contributed by atoms with E-state index in [2.05, 4.69) is 0 Å². The lowest BCUT2D eigenvalue weighted by Gasteiger charge is -2.18. The summed E-state index contributed by atoms with van der Waals surface area (Å²) < 4.78 is 31.4. The van der Waals surface area contributed by atoms with Crippen molar-refractivity contribution < 1.29 is 13.2 Å². The van der Waals surface area contributed by atoms with Gasteiger partial charge in [-0.15, -0.1) is 0 Å². The number of methoxy groups -OCH3 is 1. The van der Waals surface area contributed by atoms with Crippen molar-refractivity contribution in [1.82, 2.24) is 4.31 Å². The number of hydrogen-bond acceptors (Lipinski definition) is 3. The molecule has 94 valence electrons. The van der Waals surface area contributed by atoms with Crippen LogP contribution in [-0.4, -0.2) is 32.9 Å². The summed E-state index contributed by atoms with van der Waals surface area (Å²) in [6.45, 7) is 1.87. The Hall–Kier alpha value is -1.07. The highest BCUT2D eigenvalue weighted by atomic mass is 32.2. The fourth-order valence-electron chi connectivity index (χ4n) is 1.78. The van der Waals surface area contributed by atoms with Crippen molar-refractivity contribution in [3.05, 3.63) is 23.8 Å². The molecule has 0 saturated heterocycles. The van der Waals surface area contributed by atoms with Crippen LogP contribution in [0.15, 0.2) is 23.1 Å². The molecule has 0 atom stereocenters. The third-order valence-electron chi connectivity index (χ3n) is 3.04. The zero-order valence-electron chi connectivity index (χ0n) is 10.3. The van der Waals surface area contributed by atoms with Crippen molar-refractivity contribution >= 4 is 10.0 Å². The zero-order valence-corrected chi connectivity index (χ0v) is 11.1. The fraction of sp³-hybridized carbons (Fsp3) is 0.500. The monoisotopic (exact) mass is 255 g/mol. The molecule has 0 amide bonds. The van der Waals surface area contributed by atoms with Gasteiger partial charge < -0.3 is 4.74 Å². The summed E-state index contributed by atoms with van der Waals surface area (Å²) in [7, 11) is -0.312. The molecule has 1 aromatic rings. The van der Waals surface area contributed by atoms with E-state index in [9.17, 15) is 8.42 Å². The normalized spacial score (nSPS) is 16.2. The van der Waals surface area contributed by atoms with Crippen LogP contribution in [0.2, 0.25) is 0 Å². The Labute approximate surface area is 102 Å². The van der Waals surface area contributed by atoms with E-state index in [4.69, 9.17) is 4.74 Å². The Morgan fingerprint density at radius 2 is 2.00 bits per heavy atom. The fourth-order valence-corrected chi connectivity index (χ4v) is 3.43.